The molecule has 0 spiro atoms. The van der Waals surface area contributed by atoms with Gasteiger partial charge in [0.15, 0.2) is 34.2 Å². The molecule has 0 aliphatic carbocycles. The number of nitrogens with zero attached hydrogens (tertiary/aromatic N) is 9. The van der Waals surface area contributed by atoms with Crippen LogP contribution in [0.5, 0.6) is 0 Å². The van der Waals surface area contributed by atoms with Crippen LogP contribution < -0.4 is 0 Å². The zero-order chi connectivity index (χ0) is 31.4. The topological polar surface area (TPSA) is 189 Å². The first-order valence-electron chi connectivity index (χ1n) is 11.6. The Morgan fingerprint density at radius 1 is 0.381 bits per heavy atom. The quantitative estimate of drug-likeness (QED) is 0.221. The van der Waals surface area contributed by atoms with E-state index < -0.39 is 67.6 Å². The molecule has 0 unspecified atom stereocenters. The van der Waals surface area contributed by atoms with E-state index in [4.69, 9.17) is 34.8 Å². The van der Waals surface area contributed by atoms with Gasteiger partial charge >= 0.3 is 0 Å². The molecule has 4 aromatic rings. The third kappa shape index (κ3) is 5.06. The molecule has 18 heteroatoms. The Morgan fingerprint density at radius 3 is 0.690 bits per heavy atom. The predicted molar refractivity (Wildman–Crippen MR) is 150 cm³/mol. The van der Waals surface area contributed by atoms with Crippen LogP contribution in [0.15, 0.2) is 0 Å². The van der Waals surface area contributed by atoms with E-state index in [9.17, 15) is 28.8 Å². The molecule has 3 amide bonds. The smallest absolute Gasteiger partial charge is 0.274 e. The Bertz CT molecular complexity index is 1680. The van der Waals surface area contributed by atoms with Gasteiger partial charge in [-0.15, -0.1) is 0 Å². The zero-order valence-electron chi connectivity index (χ0n) is 22.6. The molecule has 15 nitrogen and oxygen atoms in total. The molecule has 0 fully saturated rings. The van der Waals surface area contributed by atoms with E-state index in [1.165, 1.54) is 42.3 Å². The second-order valence-electron chi connectivity index (χ2n) is 9.27. The summed E-state index contributed by atoms with van der Waals surface area (Å²) < 4.78 is 0. The Morgan fingerprint density at radius 2 is 0.548 bits per heavy atom. The molecule has 42 heavy (non-hydrogen) atoms. The number of fused-ring (bicyclic) bond motifs is 6. The molecule has 0 atom stereocenters. The average Bonchev–Trinajstić information content (AvgIpc) is 2.93. The largest absolute Gasteiger partial charge is 0.343 e. The average molecular weight is 635 g/mol. The Hall–Kier alpha value is -4.47. The highest BCUT2D eigenvalue weighted by atomic mass is 35.5. The second-order valence-corrected chi connectivity index (χ2v) is 10.3. The maximum atomic E-state index is 13.0. The van der Waals surface area contributed by atoms with Crippen LogP contribution in [0.1, 0.15) is 62.9 Å². The van der Waals surface area contributed by atoms with Gasteiger partial charge in [0, 0.05) is 42.3 Å². The number of benzene rings is 1. The van der Waals surface area contributed by atoms with Gasteiger partial charge in [0.05, 0.1) is 0 Å². The van der Waals surface area contributed by atoms with Crippen molar-refractivity contribution in [3.05, 3.63) is 34.2 Å². The van der Waals surface area contributed by atoms with Crippen molar-refractivity contribution in [3.8, 4) is 0 Å². The van der Waals surface area contributed by atoms with Crippen LogP contribution in [-0.2, 0) is 0 Å². The predicted octanol–water partition coefficient (Wildman–Crippen LogP) is 1.76. The van der Waals surface area contributed by atoms with Crippen LogP contribution in [0.3, 0.4) is 0 Å². The van der Waals surface area contributed by atoms with Crippen molar-refractivity contribution >= 4 is 101 Å². The number of halogens is 3. The fraction of sp³-hybridized carbons (Fsp3) is 0.250. The second kappa shape index (κ2) is 11.1. The lowest BCUT2D eigenvalue weighted by atomic mass is 10.1. The molecule has 0 N–H and O–H groups in total. The molecule has 0 saturated carbocycles. The minimum absolute atomic E-state index is 0.234. The van der Waals surface area contributed by atoms with Gasteiger partial charge in [0.2, 0.25) is 0 Å². The Kier molecular flexibility index (Phi) is 8.04. The molecule has 0 radical (unpaired) electrons. The summed E-state index contributed by atoms with van der Waals surface area (Å²) in [5.41, 5.74) is -4.59. The number of amides is 3. The van der Waals surface area contributed by atoms with E-state index in [2.05, 4.69) is 29.9 Å². The van der Waals surface area contributed by atoms with E-state index >= 15 is 0 Å². The molecule has 0 bridgehead atoms. The van der Waals surface area contributed by atoms with Gasteiger partial charge in [0.1, 0.15) is 33.1 Å². The number of carbonyl (C=O) groups excluding carboxylic acids is 6. The third-order valence-electron chi connectivity index (χ3n) is 5.75. The Balaban J connectivity index is 2.39. The van der Waals surface area contributed by atoms with E-state index in [1.807, 2.05) is 0 Å². The maximum absolute atomic E-state index is 13.0. The summed E-state index contributed by atoms with van der Waals surface area (Å²) in [6, 6.07) is 0. The summed E-state index contributed by atoms with van der Waals surface area (Å²) in [6.45, 7) is 0. The van der Waals surface area contributed by atoms with Crippen molar-refractivity contribution < 1.29 is 28.8 Å². The summed E-state index contributed by atoms with van der Waals surface area (Å²) in [6.07, 6.45) is 0. The van der Waals surface area contributed by atoms with Gasteiger partial charge in [-0.3, -0.25) is 28.8 Å². The SMILES string of the molecule is CN(C)C(=O)c1nc2c(nc1C(=O)Cl)c1nc(C(=O)N(C)C)c(C(=O)Cl)nc1c1nc(C(=O)N(C)C)c(C(=O)Cl)nc21. The minimum Gasteiger partial charge on any atom is -0.343 e. The molecule has 0 aliphatic heterocycles. The van der Waals surface area contributed by atoms with Gasteiger partial charge in [-0.05, 0) is 34.8 Å². The molecule has 1 aromatic carbocycles. The fourth-order valence-corrected chi connectivity index (χ4v) is 4.19. The molecule has 3 heterocycles. The maximum Gasteiger partial charge on any atom is 0.274 e. The van der Waals surface area contributed by atoms with E-state index in [0.717, 1.165) is 14.7 Å². The molecular formula is C24H18Cl3N9O6. The van der Waals surface area contributed by atoms with Gasteiger partial charge in [-0.25, -0.2) is 29.9 Å². The van der Waals surface area contributed by atoms with Crippen LogP contribution >= 0.6 is 34.8 Å². The number of carbonyl (C=O) groups is 6. The molecule has 0 saturated heterocycles. The minimum atomic E-state index is -1.15. The van der Waals surface area contributed by atoms with Crippen LogP contribution in [0.2, 0.25) is 0 Å². The summed E-state index contributed by atoms with van der Waals surface area (Å²) >= 11 is 17.3. The van der Waals surface area contributed by atoms with E-state index in [0.29, 0.717) is 0 Å². The number of aromatic nitrogens is 6. The number of hydrogen-bond donors (Lipinski definition) is 0. The third-order valence-corrected chi connectivity index (χ3v) is 6.28. The van der Waals surface area contributed by atoms with Crippen molar-refractivity contribution in [1.82, 2.24) is 44.6 Å². The first-order valence-corrected chi connectivity index (χ1v) is 12.7. The molecule has 4 rings (SSSR count). The normalized spacial score (nSPS) is 11.1. The van der Waals surface area contributed by atoms with Crippen LogP contribution in [-0.4, -0.2) is 120 Å². The van der Waals surface area contributed by atoms with Crippen molar-refractivity contribution in [1.29, 1.82) is 0 Å². The van der Waals surface area contributed by atoms with Crippen molar-refractivity contribution in [2.45, 2.75) is 0 Å². The first-order chi connectivity index (χ1) is 19.6. The van der Waals surface area contributed by atoms with Crippen LogP contribution in [0, 0.1) is 0 Å². The molecular weight excluding hydrogens is 617 g/mol. The van der Waals surface area contributed by atoms with Crippen molar-refractivity contribution in [2.75, 3.05) is 42.3 Å². The lowest BCUT2D eigenvalue weighted by molar-refractivity contribution is 0.0812. The van der Waals surface area contributed by atoms with Crippen LogP contribution in [0.4, 0.5) is 0 Å². The van der Waals surface area contributed by atoms with Gasteiger partial charge < -0.3 is 14.7 Å². The highest BCUT2D eigenvalue weighted by Gasteiger charge is 2.31. The lowest BCUT2D eigenvalue weighted by Gasteiger charge is -2.17. The summed E-state index contributed by atoms with van der Waals surface area (Å²) in [4.78, 5) is 105. The first kappa shape index (κ1) is 30.5. The number of rotatable bonds is 6. The zero-order valence-corrected chi connectivity index (χ0v) is 24.9. The van der Waals surface area contributed by atoms with Crippen molar-refractivity contribution in [2.24, 2.45) is 0 Å². The molecule has 216 valence electrons. The number of hydrogen-bond acceptors (Lipinski definition) is 12. The summed E-state index contributed by atoms with van der Waals surface area (Å²) in [7, 11) is 8.38. The highest BCUT2D eigenvalue weighted by molar-refractivity contribution is 6.68. The van der Waals surface area contributed by atoms with Crippen molar-refractivity contribution in [3.63, 3.8) is 0 Å². The highest BCUT2D eigenvalue weighted by Crippen LogP contribution is 2.32. The van der Waals surface area contributed by atoms with Gasteiger partial charge in [-0.2, -0.15) is 0 Å². The summed E-state index contributed by atoms with van der Waals surface area (Å²) in [5, 5.41) is -3.45. The fourth-order valence-electron chi connectivity index (χ4n) is 3.79. The van der Waals surface area contributed by atoms with Gasteiger partial charge in [0.25, 0.3) is 33.4 Å². The lowest BCUT2D eigenvalue weighted by Crippen LogP contribution is -2.27. The molecule has 3 aromatic heterocycles. The van der Waals surface area contributed by atoms with E-state index in [1.54, 1.807) is 0 Å². The standard InChI is InChI=1S/C24H18Cl3N9O6/c1-34(2)22(40)16-13(19(25)37)28-7-10(31-16)8-12(33-17(23(41)35(3)4)14(29-8)20(26)38)9-11(7)32-18(24(42)36(5)6)15(30-9)21(27)39/h1-6H3. The summed E-state index contributed by atoms with van der Waals surface area (Å²) in [5.74, 6) is -2.29. The molecule has 0 aliphatic rings. The van der Waals surface area contributed by atoms with E-state index in [-0.39, 0.29) is 33.1 Å². The van der Waals surface area contributed by atoms with Crippen LogP contribution in [0.25, 0.3) is 33.1 Å². The Labute approximate surface area is 250 Å². The van der Waals surface area contributed by atoms with Gasteiger partial charge in [-0.1, -0.05) is 0 Å². The monoisotopic (exact) mass is 633 g/mol.